The molecular formula is C28H40O4. The quantitative estimate of drug-likeness (QED) is 0.656. The molecule has 176 valence electrons. The van der Waals surface area contributed by atoms with Crippen LogP contribution < -0.4 is 4.74 Å². The Kier molecular flexibility index (Phi) is 4.99. The van der Waals surface area contributed by atoms with Crippen LogP contribution >= 0.6 is 0 Å². The minimum Gasteiger partial charge on any atom is -0.497 e. The van der Waals surface area contributed by atoms with Crippen molar-refractivity contribution in [1.82, 2.24) is 0 Å². The minimum atomic E-state index is -0.325. The molecule has 4 nitrogen and oxygen atoms in total. The summed E-state index contributed by atoms with van der Waals surface area (Å²) in [4.78, 5) is 0. The molecule has 8 atom stereocenters. The lowest BCUT2D eigenvalue weighted by Gasteiger charge is -2.64. The Morgan fingerprint density at radius 1 is 0.906 bits per heavy atom. The van der Waals surface area contributed by atoms with Gasteiger partial charge in [0.15, 0.2) is 5.79 Å². The van der Waals surface area contributed by atoms with Crippen LogP contribution in [0.15, 0.2) is 24.3 Å². The second kappa shape index (κ2) is 7.45. The highest BCUT2D eigenvalue weighted by Crippen LogP contribution is 2.70. The van der Waals surface area contributed by atoms with Crippen molar-refractivity contribution in [1.29, 1.82) is 0 Å². The van der Waals surface area contributed by atoms with Crippen molar-refractivity contribution < 1.29 is 19.3 Å². The van der Waals surface area contributed by atoms with Gasteiger partial charge in [-0.3, -0.25) is 0 Å². The molecule has 0 amide bonds. The predicted molar refractivity (Wildman–Crippen MR) is 123 cm³/mol. The molecule has 1 unspecified atom stereocenters. The van der Waals surface area contributed by atoms with Gasteiger partial charge in [0.1, 0.15) is 5.75 Å². The fourth-order valence-electron chi connectivity index (χ4n) is 9.15. The lowest BCUT2D eigenvalue weighted by atomic mass is 9.42. The van der Waals surface area contributed by atoms with Crippen LogP contribution in [0, 0.1) is 34.5 Å². The van der Waals surface area contributed by atoms with Gasteiger partial charge in [0.25, 0.3) is 0 Å². The molecule has 1 saturated heterocycles. The average Bonchev–Trinajstić information content (AvgIpc) is 3.38. The van der Waals surface area contributed by atoms with Crippen molar-refractivity contribution in [3.05, 3.63) is 29.8 Å². The molecule has 4 aliphatic carbocycles. The summed E-state index contributed by atoms with van der Waals surface area (Å²) < 4.78 is 17.9. The van der Waals surface area contributed by atoms with Gasteiger partial charge in [-0.1, -0.05) is 26.0 Å². The summed E-state index contributed by atoms with van der Waals surface area (Å²) in [6.45, 7) is 6.47. The first-order valence-electron chi connectivity index (χ1n) is 13.0. The van der Waals surface area contributed by atoms with Gasteiger partial charge in [0.05, 0.1) is 26.4 Å². The standard InChI is InChI=1S/C28H40O4/c1-26-12-13-28(31-14-15-32-28)17-19(26)16-21(18-4-6-20(30-3)7-5-18)25-22-8-9-24(29)27(22,2)11-10-23(25)26/h4-7,19,21-25,29H,8-17H2,1-3H3/t19-,21?,22-,23-,24-,25-,26-,27-/m0/s1. The molecule has 1 aromatic carbocycles. The van der Waals surface area contributed by atoms with Crippen LogP contribution in [0.5, 0.6) is 5.75 Å². The van der Waals surface area contributed by atoms with Crippen LogP contribution in [0.3, 0.4) is 0 Å². The number of aliphatic hydroxyl groups excluding tert-OH is 1. The highest BCUT2D eigenvalue weighted by Gasteiger charge is 2.64. The molecule has 1 aliphatic heterocycles. The summed E-state index contributed by atoms with van der Waals surface area (Å²) in [5.74, 6) is 3.76. The van der Waals surface area contributed by atoms with E-state index in [1.807, 2.05) is 0 Å². The maximum atomic E-state index is 11.0. The molecule has 1 aromatic rings. The molecule has 1 heterocycles. The lowest BCUT2D eigenvalue weighted by Crippen LogP contribution is -2.58. The molecule has 0 bridgehead atoms. The molecule has 4 saturated carbocycles. The predicted octanol–water partition coefficient (Wildman–Crippen LogP) is 5.54. The Hall–Kier alpha value is -1.10. The van der Waals surface area contributed by atoms with E-state index in [2.05, 4.69) is 38.1 Å². The van der Waals surface area contributed by atoms with Crippen LogP contribution in [0.2, 0.25) is 0 Å². The third kappa shape index (κ3) is 2.98. The van der Waals surface area contributed by atoms with E-state index < -0.39 is 0 Å². The fourth-order valence-corrected chi connectivity index (χ4v) is 9.15. The Labute approximate surface area is 193 Å². The third-order valence-electron chi connectivity index (χ3n) is 11.0. The van der Waals surface area contributed by atoms with Gasteiger partial charge in [-0.2, -0.15) is 0 Å². The zero-order valence-corrected chi connectivity index (χ0v) is 20.0. The fraction of sp³-hybridized carbons (Fsp3) is 0.786. The summed E-state index contributed by atoms with van der Waals surface area (Å²) in [7, 11) is 1.74. The zero-order chi connectivity index (χ0) is 22.1. The molecule has 6 rings (SSSR count). The summed E-state index contributed by atoms with van der Waals surface area (Å²) >= 11 is 0. The van der Waals surface area contributed by atoms with Crippen LogP contribution in [-0.4, -0.2) is 37.3 Å². The maximum absolute atomic E-state index is 11.0. The second-order valence-electron chi connectivity index (χ2n) is 12.1. The van der Waals surface area contributed by atoms with Crippen molar-refractivity contribution >= 4 is 0 Å². The van der Waals surface area contributed by atoms with E-state index in [0.29, 0.717) is 29.1 Å². The molecule has 0 aromatic heterocycles. The van der Waals surface area contributed by atoms with Gasteiger partial charge in [-0.05, 0) is 96.6 Å². The number of methoxy groups -OCH3 is 1. The van der Waals surface area contributed by atoms with Crippen molar-refractivity contribution in [3.8, 4) is 5.75 Å². The molecular weight excluding hydrogens is 400 g/mol. The van der Waals surface area contributed by atoms with E-state index in [-0.39, 0.29) is 17.3 Å². The van der Waals surface area contributed by atoms with Crippen molar-refractivity contribution in [2.45, 2.75) is 83.0 Å². The first-order chi connectivity index (χ1) is 15.4. The van der Waals surface area contributed by atoms with Crippen LogP contribution in [0.1, 0.15) is 76.7 Å². The second-order valence-corrected chi connectivity index (χ2v) is 12.1. The number of fused-ring (bicyclic) bond motifs is 5. The Bertz CT molecular complexity index is 845. The SMILES string of the molecule is COc1ccc(C2C[C@H]3CC4(CC[C@]3(C)[C@H]3CC[C@]5(C)[C@@H](O)CC[C@H]5[C@H]23)OCCO4)cc1. The van der Waals surface area contributed by atoms with Crippen LogP contribution in [0.25, 0.3) is 0 Å². The molecule has 1 spiro atoms. The van der Waals surface area contributed by atoms with E-state index in [1.165, 1.54) is 37.7 Å². The van der Waals surface area contributed by atoms with E-state index in [0.717, 1.165) is 44.1 Å². The Morgan fingerprint density at radius 2 is 1.62 bits per heavy atom. The van der Waals surface area contributed by atoms with E-state index >= 15 is 0 Å². The number of hydrogen-bond acceptors (Lipinski definition) is 4. The van der Waals surface area contributed by atoms with Crippen molar-refractivity contribution in [2.24, 2.45) is 34.5 Å². The van der Waals surface area contributed by atoms with E-state index in [1.54, 1.807) is 7.11 Å². The monoisotopic (exact) mass is 440 g/mol. The Balaban J connectivity index is 1.40. The number of rotatable bonds is 2. The summed E-state index contributed by atoms with van der Waals surface area (Å²) in [5, 5.41) is 11.0. The van der Waals surface area contributed by atoms with Gasteiger partial charge < -0.3 is 19.3 Å². The van der Waals surface area contributed by atoms with Crippen LogP contribution in [-0.2, 0) is 9.47 Å². The molecule has 5 fully saturated rings. The van der Waals surface area contributed by atoms with Gasteiger partial charge >= 0.3 is 0 Å². The first kappa shape index (κ1) is 21.4. The molecule has 32 heavy (non-hydrogen) atoms. The number of hydrogen-bond donors (Lipinski definition) is 1. The average molecular weight is 441 g/mol. The van der Waals surface area contributed by atoms with Gasteiger partial charge in [-0.15, -0.1) is 0 Å². The lowest BCUT2D eigenvalue weighted by molar-refractivity contribution is -0.232. The molecule has 1 N–H and O–H groups in total. The summed E-state index contributed by atoms with van der Waals surface area (Å²) in [6, 6.07) is 8.88. The van der Waals surface area contributed by atoms with Crippen molar-refractivity contribution in [2.75, 3.05) is 20.3 Å². The largest absolute Gasteiger partial charge is 0.497 e. The van der Waals surface area contributed by atoms with Crippen molar-refractivity contribution in [3.63, 3.8) is 0 Å². The summed E-state index contributed by atoms with van der Waals surface area (Å²) in [6.07, 6.45) is 8.96. The highest BCUT2D eigenvalue weighted by molar-refractivity contribution is 5.32. The topological polar surface area (TPSA) is 47.9 Å². The van der Waals surface area contributed by atoms with Crippen LogP contribution in [0.4, 0.5) is 0 Å². The first-order valence-corrected chi connectivity index (χ1v) is 13.0. The van der Waals surface area contributed by atoms with Gasteiger partial charge in [-0.25, -0.2) is 0 Å². The third-order valence-corrected chi connectivity index (χ3v) is 11.0. The number of aliphatic hydroxyl groups is 1. The number of benzene rings is 1. The van der Waals surface area contributed by atoms with E-state index in [4.69, 9.17) is 14.2 Å². The molecule has 0 radical (unpaired) electrons. The Morgan fingerprint density at radius 3 is 2.34 bits per heavy atom. The number of ether oxygens (including phenoxy) is 3. The maximum Gasteiger partial charge on any atom is 0.168 e. The molecule has 5 aliphatic rings. The highest BCUT2D eigenvalue weighted by atomic mass is 16.7. The van der Waals surface area contributed by atoms with E-state index in [9.17, 15) is 5.11 Å². The zero-order valence-electron chi connectivity index (χ0n) is 20.0. The van der Waals surface area contributed by atoms with Gasteiger partial charge in [0, 0.05) is 12.8 Å². The molecule has 4 heteroatoms. The summed E-state index contributed by atoms with van der Waals surface area (Å²) in [5.41, 5.74) is 1.90. The smallest absolute Gasteiger partial charge is 0.168 e. The van der Waals surface area contributed by atoms with Gasteiger partial charge in [0.2, 0.25) is 0 Å². The minimum absolute atomic E-state index is 0.0860. The normalized spacial score (nSPS) is 47.0.